The van der Waals surface area contributed by atoms with E-state index in [1.807, 2.05) is 0 Å². The molecule has 0 spiro atoms. The molecule has 0 N–H and O–H groups in total. The Kier molecular flexibility index (Phi) is 3.19. The van der Waals surface area contributed by atoms with E-state index in [0.29, 0.717) is 19.6 Å². The molecular formula is C12H11F3O3. The predicted octanol–water partition coefficient (Wildman–Crippen LogP) is 3.07. The molecule has 1 aromatic rings. The topological polar surface area (TPSA) is 35.5 Å². The van der Waals surface area contributed by atoms with Crippen LogP contribution in [0.5, 0.6) is 11.5 Å². The summed E-state index contributed by atoms with van der Waals surface area (Å²) in [6, 6.07) is 1.93. The first-order valence-corrected chi connectivity index (χ1v) is 5.41. The molecule has 6 heteroatoms. The summed E-state index contributed by atoms with van der Waals surface area (Å²) in [7, 11) is 0. The maximum Gasteiger partial charge on any atom is 0.417 e. The monoisotopic (exact) mass is 260 g/mol. The number of halogens is 3. The first-order chi connectivity index (χ1) is 8.39. The number of ketones is 1. The first-order valence-electron chi connectivity index (χ1n) is 5.41. The van der Waals surface area contributed by atoms with Crippen LogP contribution in [0.3, 0.4) is 0 Å². The standard InChI is InChI=1S/C12H11F3O3/c1-7(16)8-5-10-11(18-4-2-3-17-10)6-9(8)12(13,14)15/h5-6H,2-4H2,1H3. The molecule has 2 rings (SSSR count). The van der Waals surface area contributed by atoms with Crippen molar-refractivity contribution in [1.82, 2.24) is 0 Å². The van der Waals surface area contributed by atoms with E-state index >= 15 is 0 Å². The zero-order valence-electron chi connectivity index (χ0n) is 9.63. The lowest BCUT2D eigenvalue weighted by atomic mass is 10.0. The fourth-order valence-electron chi connectivity index (χ4n) is 1.73. The van der Waals surface area contributed by atoms with Crippen LogP contribution in [-0.4, -0.2) is 19.0 Å². The van der Waals surface area contributed by atoms with Gasteiger partial charge in [-0.3, -0.25) is 4.79 Å². The minimum Gasteiger partial charge on any atom is -0.490 e. The molecule has 0 unspecified atom stereocenters. The molecule has 0 atom stereocenters. The van der Waals surface area contributed by atoms with Crippen LogP contribution < -0.4 is 9.47 Å². The van der Waals surface area contributed by atoms with Gasteiger partial charge in [0.25, 0.3) is 0 Å². The van der Waals surface area contributed by atoms with Gasteiger partial charge in [-0.25, -0.2) is 0 Å². The van der Waals surface area contributed by atoms with E-state index in [-0.39, 0.29) is 11.5 Å². The third-order valence-corrected chi connectivity index (χ3v) is 2.57. The Morgan fingerprint density at radius 1 is 1.17 bits per heavy atom. The Morgan fingerprint density at radius 3 is 2.22 bits per heavy atom. The van der Waals surface area contributed by atoms with Gasteiger partial charge in [-0.15, -0.1) is 0 Å². The number of carbonyl (C=O) groups excluding carboxylic acids is 1. The minimum atomic E-state index is -4.59. The van der Waals surface area contributed by atoms with Gasteiger partial charge < -0.3 is 9.47 Å². The van der Waals surface area contributed by atoms with Crippen LogP contribution in [0.1, 0.15) is 29.3 Å². The lowest BCUT2D eigenvalue weighted by molar-refractivity contribution is -0.138. The summed E-state index contributed by atoms with van der Waals surface area (Å²) < 4.78 is 48.9. The van der Waals surface area contributed by atoms with Gasteiger partial charge in [-0.1, -0.05) is 0 Å². The van der Waals surface area contributed by atoms with Gasteiger partial charge >= 0.3 is 6.18 Å². The van der Waals surface area contributed by atoms with Crippen LogP contribution in [-0.2, 0) is 6.18 Å². The average molecular weight is 260 g/mol. The minimum absolute atomic E-state index is 0.0322. The van der Waals surface area contributed by atoms with Crippen LogP contribution in [0.15, 0.2) is 12.1 Å². The lowest BCUT2D eigenvalue weighted by Crippen LogP contribution is -2.12. The van der Waals surface area contributed by atoms with Crippen LogP contribution in [0.2, 0.25) is 0 Å². The van der Waals surface area contributed by atoms with Gasteiger partial charge in [-0.2, -0.15) is 13.2 Å². The molecule has 0 radical (unpaired) electrons. The maximum absolute atomic E-state index is 12.8. The van der Waals surface area contributed by atoms with Crippen molar-refractivity contribution in [2.75, 3.05) is 13.2 Å². The number of hydrogen-bond donors (Lipinski definition) is 0. The summed E-state index contributed by atoms with van der Waals surface area (Å²) in [5.74, 6) is -0.437. The quantitative estimate of drug-likeness (QED) is 0.728. The highest BCUT2D eigenvalue weighted by molar-refractivity contribution is 5.96. The summed E-state index contributed by atoms with van der Waals surface area (Å²) in [5, 5.41) is 0. The molecule has 0 aliphatic carbocycles. The van der Waals surface area contributed by atoms with E-state index in [4.69, 9.17) is 9.47 Å². The van der Waals surface area contributed by atoms with Crippen LogP contribution in [0.4, 0.5) is 13.2 Å². The normalized spacial score (nSPS) is 15.1. The van der Waals surface area contributed by atoms with Crippen molar-refractivity contribution >= 4 is 5.78 Å². The Morgan fingerprint density at radius 2 is 1.72 bits per heavy atom. The smallest absolute Gasteiger partial charge is 0.417 e. The Balaban J connectivity index is 2.58. The first kappa shape index (κ1) is 12.7. The van der Waals surface area contributed by atoms with Crippen molar-refractivity contribution in [3.8, 4) is 11.5 Å². The molecule has 0 saturated heterocycles. The summed E-state index contributed by atoms with van der Waals surface area (Å²) in [4.78, 5) is 11.3. The van der Waals surface area contributed by atoms with Crippen molar-refractivity contribution in [3.63, 3.8) is 0 Å². The summed E-state index contributed by atoms with van der Waals surface area (Å²) in [6.07, 6.45) is -4.00. The van der Waals surface area contributed by atoms with E-state index < -0.39 is 23.1 Å². The summed E-state index contributed by atoms with van der Waals surface area (Å²) in [6.45, 7) is 1.74. The second kappa shape index (κ2) is 4.51. The van der Waals surface area contributed by atoms with Crippen molar-refractivity contribution in [1.29, 1.82) is 0 Å². The van der Waals surface area contributed by atoms with Gasteiger partial charge in [0.15, 0.2) is 17.3 Å². The van der Waals surface area contributed by atoms with Crippen molar-refractivity contribution in [2.45, 2.75) is 19.5 Å². The lowest BCUT2D eigenvalue weighted by Gasteiger charge is -2.15. The summed E-state index contributed by atoms with van der Waals surface area (Å²) in [5.41, 5.74) is -1.38. The molecule has 0 fully saturated rings. The van der Waals surface area contributed by atoms with Gasteiger partial charge in [0.05, 0.1) is 18.8 Å². The van der Waals surface area contributed by atoms with E-state index in [1.165, 1.54) is 0 Å². The number of benzene rings is 1. The van der Waals surface area contributed by atoms with E-state index in [9.17, 15) is 18.0 Å². The van der Waals surface area contributed by atoms with Gasteiger partial charge in [0.2, 0.25) is 0 Å². The van der Waals surface area contributed by atoms with Gasteiger partial charge in [-0.05, 0) is 19.1 Å². The van der Waals surface area contributed by atoms with E-state index in [0.717, 1.165) is 19.1 Å². The highest BCUT2D eigenvalue weighted by Gasteiger charge is 2.36. The number of fused-ring (bicyclic) bond motifs is 1. The molecule has 0 aromatic heterocycles. The molecule has 1 heterocycles. The van der Waals surface area contributed by atoms with Gasteiger partial charge in [0, 0.05) is 12.0 Å². The number of ether oxygens (including phenoxy) is 2. The molecule has 1 aliphatic rings. The number of carbonyl (C=O) groups is 1. The van der Waals surface area contributed by atoms with Crippen LogP contribution in [0.25, 0.3) is 0 Å². The molecule has 0 saturated carbocycles. The van der Waals surface area contributed by atoms with Crippen LogP contribution in [0, 0.1) is 0 Å². The van der Waals surface area contributed by atoms with E-state index in [1.54, 1.807) is 0 Å². The average Bonchev–Trinajstić information content (AvgIpc) is 2.50. The summed E-state index contributed by atoms with van der Waals surface area (Å²) >= 11 is 0. The molecule has 18 heavy (non-hydrogen) atoms. The number of rotatable bonds is 1. The fourth-order valence-corrected chi connectivity index (χ4v) is 1.73. The Labute approximate surface area is 102 Å². The maximum atomic E-state index is 12.8. The highest BCUT2D eigenvalue weighted by Crippen LogP contribution is 2.40. The fraction of sp³-hybridized carbons (Fsp3) is 0.417. The second-order valence-corrected chi connectivity index (χ2v) is 3.95. The molecule has 0 bridgehead atoms. The predicted molar refractivity (Wildman–Crippen MR) is 57.1 cm³/mol. The third kappa shape index (κ3) is 2.42. The van der Waals surface area contributed by atoms with Gasteiger partial charge in [0.1, 0.15) is 0 Å². The number of Topliss-reactive ketones (excluding diaryl/α,β-unsaturated/α-hetero) is 1. The molecule has 1 aliphatic heterocycles. The second-order valence-electron chi connectivity index (χ2n) is 3.95. The number of hydrogen-bond acceptors (Lipinski definition) is 3. The Hall–Kier alpha value is -1.72. The molecule has 1 aromatic carbocycles. The third-order valence-electron chi connectivity index (χ3n) is 2.57. The molecule has 0 amide bonds. The number of alkyl halides is 3. The zero-order chi connectivity index (χ0) is 13.3. The SMILES string of the molecule is CC(=O)c1cc2c(cc1C(F)(F)F)OCCCO2. The van der Waals surface area contributed by atoms with Crippen molar-refractivity contribution < 1.29 is 27.4 Å². The molecule has 98 valence electrons. The van der Waals surface area contributed by atoms with Crippen molar-refractivity contribution in [3.05, 3.63) is 23.3 Å². The van der Waals surface area contributed by atoms with Crippen molar-refractivity contribution in [2.24, 2.45) is 0 Å². The molecule has 3 nitrogen and oxygen atoms in total. The molecular weight excluding hydrogens is 249 g/mol. The zero-order valence-corrected chi connectivity index (χ0v) is 9.63. The van der Waals surface area contributed by atoms with E-state index in [2.05, 4.69) is 0 Å². The van der Waals surface area contributed by atoms with Crippen LogP contribution >= 0.6 is 0 Å². The Bertz CT molecular complexity index is 480. The largest absolute Gasteiger partial charge is 0.490 e. The highest BCUT2D eigenvalue weighted by atomic mass is 19.4.